The molecule has 1 atom stereocenters. The molecule has 0 radical (unpaired) electrons. The molecule has 206 valence electrons. The number of rotatable bonds is 6. The first-order valence-electron chi connectivity index (χ1n) is 13.9. The Bertz CT molecular complexity index is 1700. The van der Waals surface area contributed by atoms with Gasteiger partial charge in [-0.15, -0.1) is 0 Å². The summed E-state index contributed by atoms with van der Waals surface area (Å²) in [5.41, 5.74) is 11.8. The number of aliphatic hydroxyl groups is 1. The van der Waals surface area contributed by atoms with Crippen molar-refractivity contribution in [2.24, 2.45) is 11.7 Å². The molecule has 1 aliphatic heterocycles. The fraction of sp³-hybridized carbons (Fsp3) is 0.333. The minimum atomic E-state index is -1.04. The van der Waals surface area contributed by atoms with E-state index in [-0.39, 0.29) is 6.04 Å². The Hall–Kier alpha value is -3.94. The van der Waals surface area contributed by atoms with Crippen molar-refractivity contribution in [2.75, 3.05) is 13.2 Å². The summed E-state index contributed by atoms with van der Waals surface area (Å²) < 4.78 is 13.6. The number of nitrogens with two attached hydrogens (primary N) is 1. The smallest absolute Gasteiger partial charge is 0.249 e. The molecule has 1 amide bonds. The molecule has 2 aromatic heterocycles. The van der Waals surface area contributed by atoms with E-state index in [4.69, 9.17) is 15.0 Å². The van der Waals surface area contributed by atoms with Crippen molar-refractivity contribution < 1.29 is 19.2 Å². The van der Waals surface area contributed by atoms with Gasteiger partial charge in [-0.2, -0.15) is 0 Å². The van der Waals surface area contributed by atoms with Crippen LogP contribution < -0.4 is 5.73 Å². The van der Waals surface area contributed by atoms with Gasteiger partial charge in [0.2, 0.25) is 5.91 Å². The molecule has 3 heterocycles. The first kappa shape index (κ1) is 26.3. The average Bonchev–Trinajstić information content (AvgIpc) is 3.44. The number of hydrogen-bond donors (Lipinski definition) is 2. The molecule has 3 N–H and O–H groups in total. The molecule has 1 aliphatic rings. The summed E-state index contributed by atoms with van der Waals surface area (Å²) in [6.45, 7) is 8.77. The van der Waals surface area contributed by atoms with Gasteiger partial charge < -0.3 is 24.7 Å². The molecule has 3 aromatic carbocycles. The van der Waals surface area contributed by atoms with Gasteiger partial charge in [0.1, 0.15) is 5.76 Å². The van der Waals surface area contributed by atoms with Gasteiger partial charge in [-0.3, -0.25) is 4.79 Å². The molecule has 6 rings (SSSR count). The number of aryl methyl sites for hydroxylation is 2. The van der Waals surface area contributed by atoms with Crippen LogP contribution in [0.3, 0.4) is 0 Å². The third kappa shape index (κ3) is 4.39. The van der Waals surface area contributed by atoms with Gasteiger partial charge in [-0.05, 0) is 81.3 Å². The lowest BCUT2D eigenvalue weighted by atomic mass is 9.86. The molecule has 0 bridgehead atoms. The third-order valence-corrected chi connectivity index (χ3v) is 8.33. The lowest BCUT2D eigenvalue weighted by Crippen LogP contribution is -2.27. The zero-order chi connectivity index (χ0) is 28.2. The molecular weight excluding hydrogens is 502 g/mol. The van der Waals surface area contributed by atoms with Gasteiger partial charge in [0.05, 0.1) is 28.4 Å². The van der Waals surface area contributed by atoms with E-state index in [1.165, 1.54) is 5.56 Å². The predicted octanol–water partition coefficient (Wildman–Crippen LogP) is 6.41. The number of carbonyl (C=O) groups excluding carboxylic acids is 1. The summed E-state index contributed by atoms with van der Waals surface area (Å²) in [4.78, 5) is 13.0. The number of carbonyl (C=O) groups is 1. The highest BCUT2D eigenvalue weighted by molar-refractivity contribution is 6.19. The summed E-state index contributed by atoms with van der Waals surface area (Å²) in [5, 5.41) is 16.9. The summed E-state index contributed by atoms with van der Waals surface area (Å²) in [6, 6.07) is 20.5. The van der Waals surface area contributed by atoms with E-state index >= 15 is 0 Å². The molecule has 1 saturated heterocycles. The van der Waals surface area contributed by atoms with Crippen LogP contribution in [0, 0.1) is 19.8 Å². The lowest BCUT2D eigenvalue weighted by Gasteiger charge is -2.33. The van der Waals surface area contributed by atoms with Crippen LogP contribution in [-0.4, -0.2) is 34.0 Å². The molecule has 7 nitrogen and oxygen atoms in total. The first-order chi connectivity index (χ1) is 19.1. The zero-order valence-corrected chi connectivity index (χ0v) is 23.4. The van der Waals surface area contributed by atoms with Crippen LogP contribution >= 0.6 is 0 Å². The van der Waals surface area contributed by atoms with E-state index in [9.17, 15) is 9.90 Å². The van der Waals surface area contributed by atoms with Crippen molar-refractivity contribution in [2.45, 2.75) is 52.2 Å². The highest BCUT2D eigenvalue weighted by Crippen LogP contribution is 2.44. The molecule has 1 fully saturated rings. The molecule has 7 heteroatoms. The van der Waals surface area contributed by atoms with Crippen molar-refractivity contribution in [3.8, 4) is 11.1 Å². The van der Waals surface area contributed by atoms with Crippen molar-refractivity contribution in [3.05, 3.63) is 88.8 Å². The van der Waals surface area contributed by atoms with E-state index in [1.54, 1.807) is 13.8 Å². The van der Waals surface area contributed by atoms with Gasteiger partial charge >= 0.3 is 0 Å². The van der Waals surface area contributed by atoms with E-state index in [0.29, 0.717) is 30.5 Å². The van der Waals surface area contributed by atoms with Gasteiger partial charge in [-0.1, -0.05) is 47.6 Å². The first-order valence-corrected chi connectivity index (χ1v) is 13.9. The standard InChI is InChI=1S/C33H35N3O4/c1-19-29(20(2)40-35-19)23-16-26(32(34)37)30-25-11-10-24(33(3,4)38)18-27(25)36(28(30)17-23)31(21-8-6-5-7-9-21)22-12-14-39-15-13-22/h5-11,16-18,22,31,38H,12-15H2,1-4H3,(H2,34,37). The quantitative estimate of drug-likeness (QED) is 0.261. The highest BCUT2D eigenvalue weighted by Gasteiger charge is 2.32. The van der Waals surface area contributed by atoms with Crippen LogP contribution in [-0.2, 0) is 10.3 Å². The minimum absolute atomic E-state index is 0.0252. The second-order valence-corrected chi connectivity index (χ2v) is 11.4. The van der Waals surface area contributed by atoms with Crippen LogP contribution in [0.2, 0.25) is 0 Å². The van der Waals surface area contributed by atoms with Gasteiger partial charge in [0.15, 0.2) is 0 Å². The van der Waals surface area contributed by atoms with E-state index < -0.39 is 11.5 Å². The number of nitrogens with zero attached hydrogens (tertiary/aromatic N) is 2. The van der Waals surface area contributed by atoms with Crippen molar-refractivity contribution >= 4 is 27.7 Å². The van der Waals surface area contributed by atoms with E-state index in [2.05, 4.69) is 46.1 Å². The second kappa shape index (κ2) is 9.91. The summed E-state index contributed by atoms with van der Waals surface area (Å²) in [6.07, 6.45) is 1.83. The van der Waals surface area contributed by atoms with Crippen molar-refractivity contribution in [3.63, 3.8) is 0 Å². The third-order valence-electron chi connectivity index (χ3n) is 8.33. The summed E-state index contributed by atoms with van der Waals surface area (Å²) in [7, 11) is 0. The Labute approximate surface area is 233 Å². The Morgan fingerprint density at radius 1 is 1.05 bits per heavy atom. The van der Waals surface area contributed by atoms with Crippen molar-refractivity contribution in [1.82, 2.24) is 9.72 Å². The Morgan fingerprint density at radius 3 is 2.40 bits per heavy atom. The van der Waals surface area contributed by atoms with Crippen molar-refractivity contribution in [1.29, 1.82) is 0 Å². The Morgan fingerprint density at radius 2 is 1.77 bits per heavy atom. The van der Waals surface area contributed by atoms with E-state index in [1.807, 2.05) is 38.1 Å². The maximum atomic E-state index is 13.0. The number of ether oxygens (including phenoxy) is 1. The minimum Gasteiger partial charge on any atom is -0.386 e. The number of amides is 1. The van der Waals surface area contributed by atoms with Crippen LogP contribution in [0.1, 0.15) is 65.7 Å². The van der Waals surface area contributed by atoms with Gasteiger partial charge in [-0.25, -0.2) is 0 Å². The Balaban J connectivity index is 1.77. The molecule has 0 saturated carbocycles. The normalized spacial score (nSPS) is 15.6. The van der Waals surface area contributed by atoms with Gasteiger partial charge in [0, 0.05) is 35.1 Å². The largest absolute Gasteiger partial charge is 0.386 e. The van der Waals surface area contributed by atoms with Crippen LogP contribution in [0.5, 0.6) is 0 Å². The topological polar surface area (TPSA) is 104 Å². The van der Waals surface area contributed by atoms with Crippen LogP contribution in [0.25, 0.3) is 32.9 Å². The number of hydrogen-bond acceptors (Lipinski definition) is 5. The maximum absolute atomic E-state index is 13.0. The summed E-state index contributed by atoms with van der Waals surface area (Å²) >= 11 is 0. The van der Waals surface area contributed by atoms with E-state index in [0.717, 1.165) is 57.0 Å². The molecular formula is C33H35N3O4. The molecule has 0 aliphatic carbocycles. The average molecular weight is 538 g/mol. The molecule has 5 aromatic rings. The number of benzene rings is 3. The maximum Gasteiger partial charge on any atom is 0.249 e. The fourth-order valence-corrected chi connectivity index (χ4v) is 6.40. The summed E-state index contributed by atoms with van der Waals surface area (Å²) in [5.74, 6) is 0.496. The van der Waals surface area contributed by atoms with Crippen LogP contribution in [0.4, 0.5) is 0 Å². The lowest BCUT2D eigenvalue weighted by molar-refractivity contribution is 0.0552. The van der Waals surface area contributed by atoms with Crippen LogP contribution in [0.15, 0.2) is 65.2 Å². The predicted molar refractivity (Wildman–Crippen MR) is 156 cm³/mol. The Kier molecular flexibility index (Phi) is 6.51. The monoisotopic (exact) mass is 537 g/mol. The number of aromatic nitrogens is 2. The molecule has 1 unspecified atom stereocenters. The van der Waals surface area contributed by atoms with Gasteiger partial charge in [0.25, 0.3) is 0 Å². The number of primary amides is 1. The highest BCUT2D eigenvalue weighted by atomic mass is 16.5. The second-order valence-electron chi connectivity index (χ2n) is 11.4. The molecule has 40 heavy (non-hydrogen) atoms. The number of fused-ring (bicyclic) bond motifs is 3. The SMILES string of the molecule is Cc1noc(C)c1-c1cc(C(N)=O)c2c3ccc(C(C)(C)O)cc3n(C(c3ccccc3)C3CCOCC3)c2c1. The molecule has 0 spiro atoms. The fourth-order valence-electron chi connectivity index (χ4n) is 6.40. The zero-order valence-electron chi connectivity index (χ0n) is 23.4.